The summed E-state index contributed by atoms with van der Waals surface area (Å²) in [5.41, 5.74) is 8.33. The van der Waals surface area contributed by atoms with Crippen LogP contribution < -0.4 is 20.5 Å². The van der Waals surface area contributed by atoms with Crippen LogP contribution in [0.2, 0.25) is 0 Å². The number of benzene rings is 2. The summed E-state index contributed by atoms with van der Waals surface area (Å²) in [6, 6.07) is 13.1. The van der Waals surface area contributed by atoms with E-state index in [1.807, 2.05) is 24.3 Å². The molecule has 24 heavy (non-hydrogen) atoms. The van der Waals surface area contributed by atoms with Crippen LogP contribution in [-0.4, -0.2) is 36.6 Å². The molecule has 2 aromatic rings. The minimum Gasteiger partial charge on any atom is -0.494 e. The van der Waals surface area contributed by atoms with E-state index in [9.17, 15) is 0 Å². The van der Waals surface area contributed by atoms with Crippen LogP contribution in [0.5, 0.6) is 11.5 Å². The van der Waals surface area contributed by atoms with Crippen LogP contribution >= 0.6 is 0 Å². The molecular formula is C18H24N2O4. The lowest BCUT2D eigenvalue weighted by atomic mass is 10.2. The number of hydrogen-bond acceptors (Lipinski definition) is 6. The number of ether oxygens (including phenoxy) is 2. The quantitative estimate of drug-likeness (QED) is 0.393. The second kappa shape index (κ2) is 9.64. The number of hydrogen-bond donors (Lipinski definition) is 4. The fourth-order valence-corrected chi connectivity index (χ4v) is 2.12. The Hall–Kier alpha value is -2.44. The number of nitrogens with one attached hydrogen (secondary N) is 1. The molecule has 0 heterocycles. The number of rotatable bonds is 10. The maximum Gasteiger partial charge on any atom is 0.142 e. The molecule has 130 valence electrons. The predicted molar refractivity (Wildman–Crippen MR) is 94.4 cm³/mol. The van der Waals surface area contributed by atoms with Gasteiger partial charge in [0.15, 0.2) is 0 Å². The largest absolute Gasteiger partial charge is 0.494 e. The molecule has 0 fully saturated rings. The standard InChI is InChI=1S/C18H24N2O4/c19-15-4-7-18(24-11-9-22)17(12-15)20-13-14-2-5-16(6-3-14)23-10-1-8-21/h2-7,12,20-22H,1,8-11,13,19H2. The van der Waals surface area contributed by atoms with Gasteiger partial charge in [-0.25, -0.2) is 0 Å². The Morgan fingerprint density at radius 2 is 1.71 bits per heavy atom. The highest BCUT2D eigenvalue weighted by molar-refractivity contribution is 5.63. The zero-order chi connectivity index (χ0) is 17.2. The van der Waals surface area contributed by atoms with Gasteiger partial charge in [-0.05, 0) is 35.9 Å². The Morgan fingerprint density at radius 1 is 0.917 bits per heavy atom. The molecule has 2 rings (SSSR count). The van der Waals surface area contributed by atoms with E-state index in [2.05, 4.69) is 5.32 Å². The molecule has 0 saturated heterocycles. The molecular weight excluding hydrogens is 308 g/mol. The average Bonchev–Trinajstić information content (AvgIpc) is 2.60. The van der Waals surface area contributed by atoms with Crippen LogP contribution in [0.15, 0.2) is 42.5 Å². The number of aliphatic hydroxyl groups is 2. The second-order valence-corrected chi connectivity index (χ2v) is 5.25. The lowest BCUT2D eigenvalue weighted by Crippen LogP contribution is -2.06. The van der Waals surface area contributed by atoms with Gasteiger partial charge in [0.1, 0.15) is 18.1 Å². The molecule has 0 radical (unpaired) electrons. The first-order chi connectivity index (χ1) is 11.7. The molecule has 0 bridgehead atoms. The third kappa shape index (κ3) is 5.64. The zero-order valence-corrected chi connectivity index (χ0v) is 13.6. The summed E-state index contributed by atoms with van der Waals surface area (Å²) in [6.07, 6.45) is 0.620. The summed E-state index contributed by atoms with van der Waals surface area (Å²) < 4.78 is 11.0. The van der Waals surface area contributed by atoms with Crippen LogP contribution in [0.1, 0.15) is 12.0 Å². The first-order valence-electron chi connectivity index (χ1n) is 7.92. The van der Waals surface area contributed by atoms with Crippen LogP contribution in [0, 0.1) is 0 Å². The van der Waals surface area contributed by atoms with E-state index < -0.39 is 0 Å². The highest BCUT2D eigenvalue weighted by Crippen LogP contribution is 2.27. The molecule has 0 saturated carbocycles. The molecule has 0 amide bonds. The Bertz CT molecular complexity index is 617. The molecule has 2 aromatic carbocycles. The van der Waals surface area contributed by atoms with Crippen molar-refractivity contribution in [3.8, 4) is 11.5 Å². The normalized spacial score (nSPS) is 10.4. The van der Waals surface area contributed by atoms with Crippen LogP contribution in [-0.2, 0) is 6.54 Å². The SMILES string of the molecule is Nc1ccc(OCCO)c(NCc2ccc(OCCCO)cc2)c1. The molecule has 0 aliphatic heterocycles. The number of nitrogen functional groups attached to an aromatic ring is 1. The highest BCUT2D eigenvalue weighted by Gasteiger charge is 2.05. The van der Waals surface area contributed by atoms with E-state index >= 15 is 0 Å². The van der Waals surface area contributed by atoms with E-state index in [4.69, 9.17) is 25.4 Å². The molecule has 6 heteroatoms. The minimum absolute atomic E-state index is 0.0401. The zero-order valence-electron chi connectivity index (χ0n) is 13.6. The molecule has 0 aliphatic rings. The van der Waals surface area contributed by atoms with Crippen molar-refractivity contribution >= 4 is 11.4 Å². The summed E-state index contributed by atoms with van der Waals surface area (Å²) in [4.78, 5) is 0. The highest BCUT2D eigenvalue weighted by atomic mass is 16.5. The van der Waals surface area contributed by atoms with Gasteiger partial charge >= 0.3 is 0 Å². The van der Waals surface area contributed by atoms with Crippen molar-refractivity contribution in [2.75, 3.05) is 37.5 Å². The minimum atomic E-state index is -0.0401. The fraction of sp³-hybridized carbons (Fsp3) is 0.333. The first kappa shape index (κ1) is 17.9. The van der Waals surface area contributed by atoms with Gasteiger partial charge in [0.2, 0.25) is 0 Å². The van der Waals surface area contributed by atoms with Crippen molar-refractivity contribution in [1.82, 2.24) is 0 Å². The van der Waals surface area contributed by atoms with Gasteiger partial charge in [-0.2, -0.15) is 0 Å². The summed E-state index contributed by atoms with van der Waals surface area (Å²) >= 11 is 0. The lowest BCUT2D eigenvalue weighted by Gasteiger charge is -2.14. The van der Waals surface area contributed by atoms with Crippen molar-refractivity contribution in [3.63, 3.8) is 0 Å². The maximum atomic E-state index is 8.89. The third-order valence-corrected chi connectivity index (χ3v) is 3.33. The summed E-state index contributed by atoms with van der Waals surface area (Å²) in [6.45, 7) is 1.43. The van der Waals surface area contributed by atoms with Crippen molar-refractivity contribution in [3.05, 3.63) is 48.0 Å². The summed E-state index contributed by atoms with van der Waals surface area (Å²) in [5.74, 6) is 1.44. The summed E-state index contributed by atoms with van der Waals surface area (Å²) in [5, 5.41) is 20.9. The summed E-state index contributed by atoms with van der Waals surface area (Å²) in [7, 11) is 0. The number of aliphatic hydroxyl groups excluding tert-OH is 2. The topological polar surface area (TPSA) is 97.0 Å². The van der Waals surface area contributed by atoms with Crippen molar-refractivity contribution in [1.29, 1.82) is 0 Å². The fourth-order valence-electron chi connectivity index (χ4n) is 2.12. The molecule has 0 aliphatic carbocycles. The van der Waals surface area contributed by atoms with E-state index in [0.717, 1.165) is 17.0 Å². The van der Waals surface area contributed by atoms with Crippen LogP contribution in [0.3, 0.4) is 0 Å². The van der Waals surface area contributed by atoms with Gasteiger partial charge in [0, 0.05) is 25.3 Å². The van der Waals surface area contributed by atoms with Gasteiger partial charge < -0.3 is 30.7 Å². The van der Waals surface area contributed by atoms with E-state index in [-0.39, 0.29) is 19.8 Å². The molecule has 6 nitrogen and oxygen atoms in total. The lowest BCUT2D eigenvalue weighted by molar-refractivity contribution is 0.202. The smallest absolute Gasteiger partial charge is 0.142 e. The van der Waals surface area contributed by atoms with Gasteiger partial charge in [0.25, 0.3) is 0 Å². The Morgan fingerprint density at radius 3 is 2.42 bits per heavy atom. The molecule has 0 atom stereocenters. The van der Waals surface area contributed by atoms with E-state index in [1.54, 1.807) is 18.2 Å². The average molecular weight is 332 g/mol. The van der Waals surface area contributed by atoms with Crippen LogP contribution in [0.4, 0.5) is 11.4 Å². The number of nitrogens with two attached hydrogens (primary N) is 1. The maximum absolute atomic E-state index is 8.89. The number of anilines is 2. The van der Waals surface area contributed by atoms with Gasteiger partial charge in [-0.1, -0.05) is 12.1 Å². The third-order valence-electron chi connectivity index (χ3n) is 3.33. The first-order valence-corrected chi connectivity index (χ1v) is 7.92. The monoisotopic (exact) mass is 332 g/mol. The van der Waals surface area contributed by atoms with E-state index in [0.29, 0.717) is 31.0 Å². The predicted octanol–water partition coefficient (Wildman–Crippen LogP) is 2.01. The van der Waals surface area contributed by atoms with Crippen molar-refractivity contribution < 1.29 is 19.7 Å². The molecule has 5 N–H and O–H groups in total. The van der Waals surface area contributed by atoms with Gasteiger partial charge in [0.05, 0.1) is 18.9 Å². The molecule has 0 unspecified atom stereocenters. The Kier molecular flexibility index (Phi) is 7.20. The molecule has 0 spiro atoms. The Labute approximate surface area is 141 Å². The van der Waals surface area contributed by atoms with Crippen molar-refractivity contribution in [2.45, 2.75) is 13.0 Å². The van der Waals surface area contributed by atoms with Gasteiger partial charge in [-0.3, -0.25) is 0 Å². The molecule has 0 aromatic heterocycles. The van der Waals surface area contributed by atoms with Crippen molar-refractivity contribution in [2.24, 2.45) is 0 Å². The van der Waals surface area contributed by atoms with Crippen LogP contribution in [0.25, 0.3) is 0 Å². The second-order valence-electron chi connectivity index (χ2n) is 5.25. The Balaban J connectivity index is 1.93. The van der Waals surface area contributed by atoms with Gasteiger partial charge in [-0.15, -0.1) is 0 Å². The van der Waals surface area contributed by atoms with E-state index in [1.165, 1.54) is 0 Å².